The highest BCUT2D eigenvalue weighted by atomic mass is 32.2. The molecular weight excluding hydrogens is 460 g/mol. The molecule has 13 heteroatoms. The summed E-state index contributed by atoms with van der Waals surface area (Å²) in [5, 5.41) is 23.1. The highest BCUT2D eigenvalue weighted by molar-refractivity contribution is 7.89. The number of nitrogens with one attached hydrogen (secondary N) is 1. The fraction of sp³-hybridized carbons (Fsp3) is 0.429. The van der Waals surface area contributed by atoms with Crippen LogP contribution in [0.15, 0.2) is 30.5 Å². The minimum atomic E-state index is -3.39. The Bertz CT molecular complexity index is 1310. The van der Waals surface area contributed by atoms with Crippen LogP contribution in [0.5, 0.6) is 0 Å². The van der Waals surface area contributed by atoms with Gasteiger partial charge in [0.15, 0.2) is 0 Å². The van der Waals surface area contributed by atoms with Crippen LogP contribution in [0.3, 0.4) is 0 Å². The van der Waals surface area contributed by atoms with Crippen molar-refractivity contribution >= 4 is 21.7 Å². The molecule has 0 aromatic carbocycles. The Kier molecular flexibility index (Phi) is 6.68. The summed E-state index contributed by atoms with van der Waals surface area (Å²) in [6, 6.07) is 6.31. The molecule has 4 heterocycles. The summed E-state index contributed by atoms with van der Waals surface area (Å²) < 4.78 is 28.0. The highest BCUT2D eigenvalue weighted by Crippen LogP contribution is 2.24. The Morgan fingerprint density at radius 2 is 2.03 bits per heavy atom. The van der Waals surface area contributed by atoms with Crippen molar-refractivity contribution in [3.8, 4) is 11.5 Å². The normalized spacial score (nSPS) is 15.2. The molecule has 0 spiro atoms. The molecule has 180 valence electrons. The second-order valence-corrected chi connectivity index (χ2v) is 10.8. The Hall–Kier alpha value is -3.29. The van der Waals surface area contributed by atoms with Gasteiger partial charge >= 0.3 is 0 Å². The quantitative estimate of drug-likeness (QED) is 0.498. The van der Waals surface area contributed by atoms with Crippen LogP contribution in [0.1, 0.15) is 48.4 Å². The van der Waals surface area contributed by atoms with E-state index in [2.05, 4.69) is 30.8 Å². The molecule has 0 saturated carbocycles. The topological polar surface area (TPSA) is 156 Å². The van der Waals surface area contributed by atoms with Gasteiger partial charge in [-0.05, 0) is 66.9 Å². The van der Waals surface area contributed by atoms with Gasteiger partial charge in [-0.1, -0.05) is 6.07 Å². The van der Waals surface area contributed by atoms with Gasteiger partial charge in [0.05, 0.1) is 17.9 Å². The summed E-state index contributed by atoms with van der Waals surface area (Å²) in [5.41, 5.74) is 2.27. The van der Waals surface area contributed by atoms with Crippen LogP contribution < -0.4 is 5.32 Å². The van der Waals surface area contributed by atoms with E-state index in [1.807, 2.05) is 0 Å². The lowest BCUT2D eigenvalue weighted by atomic mass is 10.0. The number of tetrazole rings is 1. The minimum Gasteiger partial charge on any atom is -0.394 e. The van der Waals surface area contributed by atoms with Crippen LogP contribution in [0.4, 0.5) is 5.82 Å². The number of amides is 1. The fourth-order valence-electron chi connectivity index (χ4n) is 3.60. The molecular formula is C21H26N8O4S. The van der Waals surface area contributed by atoms with E-state index in [1.165, 1.54) is 8.99 Å². The lowest BCUT2D eigenvalue weighted by Crippen LogP contribution is -2.40. The molecule has 0 radical (unpaired) electrons. The lowest BCUT2D eigenvalue weighted by Gasteiger charge is -2.29. The van der Waals surface area contributed by atoms with Gasteiger partial charge in [-0.25, -0.2) is 18.1 Å². The molecule has 1 amide bonds. The summed E-state index contributed by atoms with van der Waals surface area (Å²) in [5.74, 6) is 0.160. The Balaban J connectivity index is 1.54. The highest BCUT2D eigenvalue weighted by Gasteiger charge is 2.30. The maximum absolute atomic E-state index is 12.9. The van der Waals surface area contributed by atoms with Crippen molar-refractivity contribution in [2.45, 2.75) is 45.0 Å². The zero-order valence-corrected chi connectivity index (χ0v) is 19.9. The monoisotopic (exact) mass is 486 g/mol. The number of hydrogen-bond donors (Lipinski definition) is 2. The molecule has 4 rings (SSSR count). The average Bonchev–Trinajstić information content (AvgIpc) is 3.33. The van der Waals surface area contributed by atoms with Gasteiger partial charge < -0.3 is 10.4 Å². The number of aliphatic hydroxyl groups excluding tert-OH is 1. The second-order valence-electron chi connectivity index (χ2n) is 8.36. The van der Waals surface area contributed by atoms with Crippen molar-refractivity contribution in [2.24, 2.45) is 0 Å². The summed E-state index contributed by atoms with van der Waals surface area (Å²) in [7, 11) is -3.39. The van der Waals surface area contributed by atoms with E-state index in [9.17, 15) is 18.3 Å². The number of nitrogens with zero attached hydrogens (tertiary/aromatic N) is 7. The van der Waals surface area contributed by atoms with E-state index in [4.69, 9.17) is 0 Å². The minimum absolute atomic E-state index is 0.144. The molecule has 1 aliphatic heterocycles. The van der Waals surface area contributed by atoms with Gasteiger partial charge in [-0.3, -0.25) is 9.78 Å². The van der Waals surface area contributed by atoms with Crippen LogP contribution in [-0.2, 0) is 23.0 Å². The van der Waals surface area contributed by atoms with Crippen LogP contribution in [0, 0.1) is 0 Å². The number of aromatic nitrogens is 6. The van der Waals surface area contributed by atoms with Gasteiger partial charge in [0.1, 0.15) is 17.2 Å². The van der Waals surface area contributed by atoms with Gasteiger partial charge in [0.25, 0.3) is 5.91 Å². The molecule has 0 bridgehead atoms. The summed E-state index contributed by atoms with van der Waals surface area (Å²) in [6.45, 7) is 5.53. The molecule has 12 nitrogen and oxygen atoms in total. The third kappa shape index (κ3) is 4.67. The number of sulfonamides is 1. The van der Waals surface area contributed by atoms with Gasteiger partial charge in [0, 0.05) is 19.3 Å². The summed E-state index contributed by atoms with van der Waals surface area (Å²) in [4.78, 5) is 21.6. The Morgan fingerprint density at radius 1 is 1.24 bits per heavy atom. The zero-order valence-electron chi connectivity index (χ0n) is 19.1. The molecule has 0 saturated heterocycles. The number of hydrogen-bond acceptors (Lipinski definition) is 9. The number of carbonyl (C=O) groups excluding carboxylic acids is 1. The largest absolute Gasteiger partial charge is 0.394 e. The van der Waals surface area contributed by atoms with Crippen LogP contribution >= 0.6 is 0 Å². The van der Waals surface area contributed by atoms with E-state index >= 15 is 0 Å². The van der Waals surface area contributed by atoms with E-state index < -0.39 is 21.2 Å². The molecule has 34 heavy (non-hydrogen) atoms. The van der Waals surface area contributed by atoms with Crippen molar-refractivity contribution < 1.29 is 18.3 Å². The first-order valence-corrected chi connectivity index (χ1v) is 12.3. The van der Waals surface area contributed by atoms with Crippen molar-refractivity contribution in [3.63, 3.8) is 0 Å². The first kappa shape index (κ1) is 23.9. The molecule has 0 fully saturated rings. The van der Waals surface area contributed by atoms with Gasteiger partial charge in [0.2, 0.25) is 15.8 Å². The standard InChI is InChI=1S/C21H26N8O4S/c1-13(2)34(32,33)28-8-7-15-10-22-18(9-16(15)11-28)21(31)24-19-6-4-5-17(23-19)20-25-26-27-29(20)14(3)12-30/h4-6,9-10,13-14,30H,7-8,11-12H2,1-3H3,(H,23,24,31)/t14-/m1/s1. The molecule has 1 atom stereocenters. The number of carbonyl (C=O) groups is 1. The fourth-order valence-corrected chi connectivity index (χ4v) is 4.86. The maximum Gasteiger partial charge on any atom is 0.275 e. The van der Waals surface area contributed by atoms with Crippen molar-refractivity contribution in [1.82, 2.24) is 34.5 Å². The second kappa shape index (κ2) is 9.52. The Morgan fingerprint density at radius 3 is 2.76 bits per heavy atom. The number of fused-ring (bicyclic) bond motifs is 1. The zero-order chi connectivity index (χ0) is 24.5. The van der Waals surface area contributed by atoms with E-state index in [0.29, 0.717) is 24.5 Å². The smallest absolute Gasteiger partial charge is 0.275 e. The summed E-state index contributed by atoms with van der Waals surface area (Å²) in [6.07, 6.45) is 2.17. The summed E-state index contributed by atoms with van der Waals surface area (Å²) >= 11 is 0. The third-order valence-electron chi connectivity index (χ3n) is 5.64. The number of rotatable bonds is 7. The maximum atomic E-state index is 12.9. The molecule has 3 aromatic heterocycles. The van der Waals surface area contributed by atoms with E-state index in [-0.39, 0.29) is 30.7 Å². The first-order valence-electron chi connectivity index (χ1n) is 10.8. The Labute approximate surface area is 197 Å². The predicted molar refractivity (Wildman–Crippen MR) is 123 cm³/mol. The van der Waals surface area contributed by atoms with Crippen LogP contribution in [0.2, 0.25) is 0 Å². The lowest BCUT2D eigenvalue weighted by molar-refractivity contribution is 0.102. The number of pyridine rings is 2. The van der Waals surface area contributed by atoms with Crippen molar-refractivity contribution in [3.05, 3.63) is 47.3 Å². The average molecular weight is 487 g/mol. The van der Waals surface area contributed by atoms with E-state index in [0.717, 1.165) is 11.1 Å². The van der Waals surface area contributed by atoms with Gasteiger partial charge in [-0.2, -0.15) is 4.31 Å². The first-order chi connectivity index (χ1) is 16.2. The van der Waals surface area contributed by atoms with Gasteiger partial charge in [-0.15, -0.1) is 5.10 Å². The molecule has 1 aliphatic rings. The molecule has 0 aliphatic carbocycles. The molecule has 3 aromatic rings. The van der Waals surface area contributed by atoms with Crippen LogP contribution in [0.25, 0.3) is 11.5 Å². The number of anilines is 1. The van der Waals surface area contributed by atoms with Crippen molar-refractivity contribution in [1.29, 1.82) is 0 Å². The molecule has 0 unspecified atom stereocenters. The third-order valence-corrected chi connectivity index (χ3v) is 7.87. The SMILES string of the molecule is CC(C)S(=O)(=O)N1CCc2cnc(C(=O)Nc3cccc(-c4nnnn4[C@H](C)CO)n3)cc2C1. The van der Waals surface area contributed by atoms with Crippen LogP contribution in [-0.4, -0.2) is 72.3 Å². The molecule has 2 N–H and O–H groups in total. The predicted octanol–water partition coefficient (Wildman–Crippen LogP) is 1.03. The van der Waals surface area contributed by atoms with Crippen molar-refractivity contribution in [2.75, 3.05) is 18.5 Å². The van der Waals surface area contributed by atoms with E-state index in [1.54, 1.807) is 51.2 Å². The number of aliphatic hydroxyl groups is 1.